The number of rotatable bonds is 7. The first-order chi connectivity index (χ1) is 17.7. The van der Waals surface area contributed by atoms with Gasteiger partial charge in [-0.1, -0.05) is 55.5 Å². The number of aryl methyl sites for hydroxylation is 2. The number of hydrogen-bond donors (Lipinski definition) is 3. The van der Waals surface area contributed by atoms with Gasteiger partial charge >= 0.3 is 0 Å². The van der Waals surface area contributed by atoms with Gasteiger partial charge in [0, 0.05) is 25.0 Å². The summed E-state index contributed by atoms with van der Waals surface area (Å²) in [5, 5.41) is 16.3. The zero-order chi connectivity index (χ0) is 26.7. The topological polar surface area (TPSA) is 121 Å². The maximum absolute atomic E-state index is 13.7. The molecule has 0 saturated carbocycles. The van der Waals surface area contributed by atoms with Crippen LogP contribution in [0.1, 0.15) is 50.9 Å². The van der Waals surface area contributed by atoms with Crippen LogP contribution in [0.5, 0.6) is 5.75 Å². The lowest BCUT2D eigenvalue weighted by Gasteiger charge is -2.37. The molecule has 1 atom stereocenters. The predicted molar refractivity (Wildman–Crippen MR) is 140 cm³/mol. The minimum Gasteiger partial charge on any atom is -0.503 e. The molecule has 1 aromatic heterocycles. The number of amides is 3. The van der Waals surface area contributed by atoms with Crippen molar-refractivity contribution in [2.24, 2.45) is 0 Å². The highest BCUT2D eigenvalue weighted by atomic mass is 16.3. The molecule has 1 aliphatic heterocycles. The molecular weight excluding hydrogens is 472 g/mol. The van der Waals surface area contributed by atoms with Crippen LogP contribution in [0.3, 0.4) is 0 Å². The summed E-state index contributed by atoms with van der Waals surface area (Å²) < 4.78 is 1.33. The molecule has 0 spiro atoms. The number of aromatic nitrogens is 1. The van der Waals surface area contributed by atoms with E-state index in [2.05, 4.69) is 10.6 Å². The maximum atomic E-state index is 13.7. The van der Waals surface area contributed by atoms with Crippen LogP contribution in [0.15, 0.2) is 59.5 Å². The zero-order valence-electron chi connectivity index (χ0n) is 21.1. The number of fused-ring (bicyclic) bond motifs is 1. The molecule has 9 nitrogen and oxygen atoms in total. The third kappa shape index (κ3) is 5.11. The zero-order valence-corrected chi connectivity index (χ0v) is 21.1. The molecule has 0 bridgehead atoms. The molecule has 0 radical (unpaired) electrons. The molecule has 192 valence electrons. The molecule has 3 amide bonds. The number of carbonyl (C=O) groups excluding carboxylic acids is 3. The lowest BCUT2D eigenvalue weighted by Crippen LogP contribution is -2.54. The van der Waals surface area contributed by atoms with Gasteiger partial charge in [-0.25, -0.2) is 0 Å². The number of carbonyl (C=O) groups is 3. The van der Waals surface area contributed by atoms with E-state index in [-0.39, 0.29) is 24.3 Å². The first-order valence-corrected chi connectivity index (χ1v) is 12.2. The fourth-order valence-corrected chi connectivity index (χ4v) is 4.48. The molecule has 0 aliphatic carbocycles. The quantitative estimate of drug-likeness (QED) is 0.459. The number of nitrogens with one attached hydrogen (secondary N) is 2. The monoisotopic (exact) mass is 502 g/mol. The molecule has 1 aliphatic rings. The van der Waals surface area contributed by atoms with Crippen molar-refractivity contribution in [1.82, 2.24) is 14.8 Å². The van der Waals surface area contributed by atoms with E-state index in [1.54, 1.807) is 0 Å². The summed E-state index contributed by atoms with van der Waals surface area (Å²) in [4.78, 5) is 54.0. The molecule has 3 N–H and O–H groups in total. The van der Waals surface area contributed by atoms with E-state index in [9.17, 15) is 24.3 Å². The maximum Gasteiger partial charge on any atom is 0.275 e. The van der Waals surface area contributed by atoms with Crippen molar-refractivity contribution in [3.8, 4) is 5.75 Å². The summed E-state index contributed by atoms with van der Waals surface area (Å²) in [5.74, 6) is -2.54. The van der Waals surface area contributed by atoms with Gasteiger partial charge in [-0.3, -0.25) is 19.2 Å². The summed E-state index contributed by atoms with van der Waals surface area (Å²) in [6.45, 7) is 6.04. The Balaban J connectivity index is 1.77. The van der Waals surface area contributed by atoms with Crippen molar-refractivity contribution in [3.05, 3.63) is 92.9 Å². The van der Waals surface area contributed by atoms with E-state index in [0.717, 1.165) is 16.7 Å². The molecular formula is C28H30N4O5. The molecule has 0 saturated heterocycles. The Morgan fingerprint density at radius 2 is 1.70 bits per heavy atom. The summed E-state index contributed by atoms with van der Waals surface area (Å²) in [7, 11) is 0. The normalized spacial score (nSPS) is 14.7. The molecule has 37 heavy (non-hydrogen) atoms. The second kappa shape index (κ2) is 10.7. The highest BCUT2D eigenvalue weighted by Crippen LogP contribution is 2.27. The fourth-order valence-electron chi connectivity index (χ4n) is 4.48. The van der Waals surface area contributed by atoms with Crippen molar-refractivity contribution in [2.45, 2.75) is 46.3 Å². The number of nitrogens with zero attached hydrogens (tertiary/aromatic N) is 2. The highest BCUT2D eigenvalue weighted by Gasteiger charge is 2.40. The van der Waals surface area contributed by atoms with Gasteiger partial charge in [0.25, 0.3) is 11.8 Å². The van der Waals surface area contributed by atoms with Gasteiger partial charge in [-0.05, 0) is 37.0 Å². The van der Waals surface area contributed by atoms with Gasteiger partial charge in [0.2, 0.25) is 11.3 Å². The Morgan fingerprint density at radius 1 is 1.03 bits per heavy atom. The Labute approximate surface area is 214 Å². The number of hydrogen-bond acceptors (Lipinski definition) is 5. The first kappa shape index (κ1) is 25.7. The van der Waals surface area contributed by atoms with Gasteiger partial charge in [0.1, 0.15) is 11.6 Å². The van der Waals surface area contributed by atoms with E-state index < -0.39 is 34.9 Å². The summed E-state index contributed by atoms with van der Waals surface area (Å²) in [6, 6.07) is 13.9. The smallest absolute Gasteiger partial charge is 0.275 e. The van der Waals surface area contributed by atoms with Gasteiger partial charge < -0.3 is 25.2 Å². The van der Waals surface area contributed by atoms with Gasteiger partial charge in [0.05, 0.1) is 6.54 Å². The van der Waals surface area contributed by atoms with E-state index >= 15 is 0 Å². The van der Waals surface area contributed by atoms with Crippen LogP contribution in [0.4, 0.5) is 5.69 Å². The number of aromatic hydroxyl groups is 1. The minimum atomic E-state index is -0.965. The average molecular weight is 503 g/mol. The minimum absolute atomic E-state index is 0.0490. The number of pyridine rings is 1. The largest absolute Gasteiger partial charge is 0.503 e. The van der Waals surface area contributed by atoms with Gasteiger partial charge in [-0.15, -0.1) is 0 Å². The second-order valence-corrected chi connectivity index (χ2v) is 9.17. The SMILES string of the molecule is CCCNC(=O)c1cn2c(c(O)c1=O)C(=O)N(Cc1ccccc1)C(C(=O)Nc1c(C)cccc1C)C2. The van der Waals surface area contributed by atoms with E-state index in [4.69, 9.17) is 0 Å². The Hall–Kier alpha value is -4.40. The van der Waals surface area contributed by atoms with Crippen LogP contribution < -0.4 is 16.1 Å². The fraction of sp³-hybridized carbons (Fsp3) is 0.286. The number of para-hydroxylation sites is 1. The predicted octanol–water partition coefficient (Wildman–Crippen LogP) is 2.97. The lowest BCUT2D eigenvalue weighted by atomic mass is 10.0. The third-order valence-corrected chi connectivity index (χ3v) is 6.47. The number of benzene rings is 2. The summed E-state index contributed by atoms with van der Waals surface area (Å²) >= 11 is 0. The van der Waals surface area contributed by atoms with Crippen molar-refractivity contribution < 1.29 is 19.5 Å². The Kier molecular flexibility index (Phi) is 7.42. The molecule has 9 heteroatoms. The van der Waals surface area contributed by atoms with E-state index in [0.29, 0.717) is 18.7 Å². The van der Waals surface area contributed by atoms with Crippen LogP contribution >= 0.6 is 0 Å². The number of anilines is 1. The van der Waals surface area contributed by atoms with Gasteiger partial charge in [0.15, 0.2) is 11.4 Å². The van der Waals surface area contributed by atoms with Crippen LogP contribution in [0.25, 0.3) is 0 Å². The van der Waals surface area contributed by atoms with Crippen LogP contribution in [-0.2, 0) is 17.9 Å². The Morgan fingerprint density at radius 3 is 2.35 bits per heavy atom. The second-order valence-electron chi connectivity index (χ2n) is 9.17. The summed E-state index contributed by atoms with van der Waals surface area (Å²) in [5.41, 5.74) is 1.74. The average Bonchev–Trinajstić information content (AvgIpc) is 2.88. The molecule has 2 heterocycles. The van der Waals surface area contributed by atoms with Crippen molar-refractivity contribution in [1.29, 1.82) is 0 Å². The van der Waals surface area contributed by atoms with Crippen LogP contribution in [0, 0.1) is 13.8 Å². The van der Waals surface area contributed by atoms with Gasteiger partial charge in [-0.2, -0.15) is 0 Å². The van der Waals surface area contributed by atoms with E-state index in [1.165, 1.54) is 15.7 Å². The van der Waals surface area contributed by atoms with Crippen molar-refractivity contribution >= 4 is 23.4 Å². The van der Waals surface area contributed by atoms with Crippen molar-refractivity contribution in [3.63, 3.8) is 0 Å². The van der Waals surface area contributed by atoms with Crippen molar-refractivity contribution in [2.75, 3.05) is 11.9 Å². The molecule has 2 aromatic carbocycles. The summed E-state index contributed by atoms with van der Waals surface area (Å²) in [6.07, 6.45) is 1.91. The van der Waals surface area contributed by atoms with Crippen LogP contribution in [-0.4, -0.2) is 44.9 Å². The highest BCUT2D eigenvalue weighted by molar-refractivity contribution is 6.04. The molecule has 1 unspecified atom stereocenters. The van der Waals surface area contributed by atoms with Crippen LogP contribution in [0.2, 0.25) is 0 Å². The standard InChI is InChI=1S/C28H30N4O5/c1-4-13-29-26(35)20-15-31-16-21(27(36)30-22-17(2)9-8-10-18(22)3)32(14-19-11-6-5-7-12-19)28(37)23(31)25(34)24(20)33/h5-12,15,21,34H,4,13-14,16H2,1-3H3,(H,29,35)(H,30,36). The van der Waals surface area contributed by atoms with E-state index in [1.807, 2.05) is 69.3 Å². The first-order valence-electron chi connectivity index (χ1n) is 12.2. The third-order valence-electron chi connectivity index (χ3n) is 6.47. The lowest BCUT2D eigenvalue weighted by molar-refractivity contribution is -0.121. The molecule has 3 aromatic rings. The Bertz CT molecular complexity index is 1390. The molecule has 0 fully saturated rings. The molecule has 4 rings (SSSR count).